The van der Waals surface area contributed by atoms with Crippen LogP contribution in [-0.2, 0) is 9.84 Å². The van der Waals surface area contributed by atoms with E-state index in [4.69, 9.17) is 5.73 Å². The van der Waals surface area contributed by atoms with Crippen LogP contribution in [0.3, 0.4) is 0 Å². The molecular weight excluding hydrogens is 226 g/mol. The summed E-state index contributed by atoms with van der Waals surface area (Å²) in [5.41, 5.74) is 6.69. The van der Waals surface area contributed by atoms with Gasteiger partial charge in [0.1, 0.15) is 0 Å². The monoisotopic (exact) mass is 243 g/mol. The van der Waals surface area contributed by atoms with Crippen LogP contribution in [0.2, 0.25) is 0 Å². The molecule has 2 atom stereocenters. The van der Waals surface area contributed by atoms with Gasteiger partial charge in [-0.2, -0.15) is 5.10 Å². The first-order chi connectivity index (χ1) is 7.48. The van der Waals surface area contributed by atoms with E-state index in [1.807, 2.05) is 13.1 Å². The summed E-state index contributed by atoms with van der Waals surface area (Å²) in [7, 11) is -2.88. The Morgan fingerprint density at radius 3 is 2.94 bits per heavy atom. The molecule has 0 bridgehead atoms. The van der Waals surface area contributed by atoms with Crippen molar-refractivity contribution in [3.8, 4) is 0 Å². The van der Waals surface area contributed by atoms with Gasteiger partial charge in [-0.25, -0.2) is 8.42 Å². The zero-order valence-electron chi connectivity index (χ0n) is 9.33. The topological polar surface area (TPSA) is 78.0 Å². The molecule has 1 aliphatic heterocycles. The maximum atomic E-state index is 11.5. The largest absolute Gasteiger partial charge is 0.324 e. The Morgan fingerprint density at radius 2 is 2.38 bits per heavy atom. The molecule has 16 heavy (non-hydrogen) atoms. The number of hydrogen-bond donors (Lipinski definition) is 1. The molecule has 0 aromatic carbocycles. The summed E-state index contributed by atoms with van der Waals surface area (Å²) < 4.78 is 24.8. The fourth-order valence-corrected chi connectivity index (χ4v) is 3.67. The first-order valence-electron chi connectivity index (χ1n) is 5.48. The summed E-state index contributed by atoms with van der Waals surface area (Å²) in [4.78, 5) is 0. The SMILES string of the molecule is CC(N)c1cnn(C2CCCS(=O)(=O)C2)c1. The molecule has 1 fully saturated rings. The highest BCUT2D eigenvalue weighted by Crippen LogP contribution is 2.23. The molecule has 2 unspecified atom stereocenters. The van der Waals surface area contributed by atoms with E-state index >= 15 is 0 Å². The van der Waals surface area contributed by atoms with Crippen molar-refractivity contribution in [3.05, 3.63) is 18.0 Å². The van der Waals surface area contributed by atoms with Crippen LogP contribution in [0.5, 0.6) is 0 Å². The van der Waals surface area contributed by atoms with Crippen molar-refractivity contribution in [2.45, 2.75) is 31.8 Å². The van der Waals surface area contributed by atoms with E-state index in [1.165, 1.54) is 0 Å². The molecule has 0 saturated carbocycles. The lowest BCUT2D eigenvalue weighted by molar-refractivity contribution is 0.434. The summed E-state index contributed by atoms with van der Waals surface area (Å²) in [5.74, 6) is 0.512. The van der Waals surface area contributed by atoms with Gasteiger partial charge in [-0.3, -0.25) is 4.68 Å². The van der Waals surface area contributed by atoms with Crippen molar-refractivity contribution < 1.29 is 8.42 Å². The zero-order chi connectivity index (χ0) is 11.8. The molecule has 6 heteroatoms. The minimum Gasteiger partial charge on any atom is -0.324 e. The van der Waals surface area contributed by atoms with Gasteiger partial charge in [0.2, 0.25) is 0 Å². The first-order valence-corrected chi connectivity index (χ1v) is 7.30. The van der Waals surface area contributed by atoms with Crippen LogP contribution in [0, 0.1) is 0 Å². The maximum absolute atomic E-state index is 11.5. The molecule has 0 radical (unpaired) electrons. The average Bonchev–Trinajstić information content (AvgIpc) is 2.64. The van der Waals surface area contributed by atoms with Crippen LogP contribution in [0.25, 0.3) is 0 Å². The molecule has 2 N–H and O–H groups in total. The van der Waals surface area contributed by atoms with E-state index in [9.17, 15) is 8.42 Å². The lowest BCUT2D eigenvalue weighted by atomic mass is 10.2. The fraction of sp³-hybridized carbons (Fsp3) is 0.700. The quantitative estimate of drug-likeness (QED) is 0.827. The summed E-state index contributed by atoms with van der Waals surface area (Å²) in [6.45, 7) is 1.89. The molecule has 1 aromatic heterocycles. The third kappa shape index (κ3) is 2.44. The Kier molecular flexibility index (Phi) is 3.03. The van der Waals surface area contributed by atoms with E-state index in [0.717, 1.165) is 18.4 Å². The Hall–Kier alpha value is -0.880. The highest BCUT2D eigenvalue weighted by molar-refractivity contribution is 7.91. The van der Waals surface area contributed by atoms with Gasteiger partial charge in [0.15, 0.2) is 9.84 Å². The van der Waals surface area contributed by atoms with E-state index in [1.54, 1.807) is 10.9 Å². The van der Waals surface area contributed by atoms with E-state index < -0.39 is 9.84 Å². The second kappa shape index (κ2) is 4.18. The van der Waals surface area contributed by atoms with Crippen LogP contribution in [0.4, 0.5) is 0 Å². The second-order valence-corrected chi connectivity index (χ2v) is 6.68. The molecular formula is C10H17N3O2S. The molecule has 1 aliphatic rings. The molecule has 1 aromatic rings. The summed E-state index contributed by atoms with van der Waals surface area (Å²) in [6, 6.07) is -0.0832. The highest BCUT2D eigenvalue weighted by Gasteiger charge is 2.26. The molecule has 5 nitrogen and oxygen atoms in total. The minimum absolute atomic E-state index is 0.0220. The Morgan fingerprint density at radius 1 is 1.62 bits per heavy atom. The summed E-state index contributed by atoms with van der Waals surface area (Å²) >= 11 is 0. The van der Waals surface area contributed by atoms with Crippen molar-refractivity contribution in [1.82, 2.24) is 9.78 Å². The van der Waals surface area contributed by atoms with Crippen LogP contribution in [0.1, 0.15) is 37.4 Å². The molecule has 0 amide bonds. The zero-order valence-corrected chi connectivity index (χ0v) is 10.2. The van der Waals surface area contributed by atoms with Crippen molar-refractivity contribution in [2.75, 3.05) is 11.5 Å². The summed E-state index contributed by atoms with van der Waals surface area (Å²) in [5, 5.41) is 4.20. The van der Waals surface area contributed by atoms with Crippen molar-refractivity contribution >= 4 is 9.84 Å². The third-order valence-electron chi connectivity index (χ3n) is 2.96. The molecule has 90 valence electrons. The predicted octanol–water partition coefficient (Wildman–Crippen LogP) is 0.652. The highest BCUT2D eigenvalue weighted by atomic mass is 32.2. The average molecular weight is 243 g/mol. The maximum Gasteiger partial charge on any atom is 0.152 e. The lowest BCUT2D eigenvalue weighted by Crippen LogP contribution is -2.27. The summed E-state index contributed by atoms with van der Waals surface area (Å²) in [6.07, 6.45) is 5.17. The molecule has 0 spiro atoms. The van der Waals surface area contributed by atoms with E-state index in [-0.39, 0.29) is 17.8 Å². The fourth-order valence-electron chi connectivity index (χ4n) is 1.99. The number of hydrogen-bond acceptors (Lipinski definition) is 4. The van der Waals surface area contributed by atoms with Crippen molar-refractivity contribution in [2.24, 2.45) is 5.73 Å². The van der Waals surface area contributed by atoms with Crippen LogP contribution >= 0.6 is 0 Å². The number of aromatic nitrogens is 2. The number of sulfone groups is 1. The Bertz CT molecular complexity index is 464. The van der Waals surface area contributed by atoms with Gasteiger partial charge < -0.3 is 5.73 Å². The molecule has 2 heterocycles. The molecule has 0 aliphatic carbocycles. The van der Waals surface area contributed by atoms with E-state index in [2.05, 4.69) is 5.10 Å². The predicted molar refractivity (Wildman–Crippen MR) is 61.8 cm³/mol. The molecule has 2 rings (SSSR count). The smallest absolute Gasteiger partial charge is 0.152 e. The van der Waals surface area contributed by atoms with Crippen LogP contribution < -0.4 is 5.73 Å². The third-order valence-corrected chi connectivity index (χ3v) is 4.76. The van der Waals surface area contributed by atoms with Crippen LogP contribution in [-0.4, -0.2) is 29.7 Å². The lowest BCUT2D eigenvalue weighted by Gasteiger charge is -2.22. The Labute approximate surface area is 95.6 Å². The minimum atomic E-state index is -2.88. The van der Waals surface area contributed by atoms with Crippen LogP contribution in [0.15, 0.2) is 12.4 Å². The molecule has 1 saturated heterocycles. The standard InChI is InChI=1S/C10H17N3O2S/c1-8(11)9-5-12-13(6-9)10-3-2-4-16(14,15)7-10/h5-6,8,10H,2-4,7,11H2,1H3. The van der Waals surface area contributed by atoms with Gasteiger partial charge in [-0.15, -0.1) is 0 Å². The second-order valence-electron chi connectivity index (χ2n) is 4.45. The van der Waals surface area contributed by atoms with Gasteiger partial charge in [-0.05, 0) is 19.8 Å². The van der Waals surface area contributed by atoms with Crippen molar-refractivity contribution in [1.29, 1.82) is 0 Å². The Balaban J connectivity index is 2.17. The normalized spacial score (nSPS) is 26.5. The van der Waals surface area contributed by atoms with Crippen molar-refractivity contribution in [3.63, 3.8) is 0 Å². The van der Waals surface area contributed by atoms with Gasteiger partial charge in [0.25, 0.3) is 0 Å². The first kappa shape index (κ1) is 11.6. The van der Waals surface area contributed by atoms with Gasteiger partial charge >= 0.3 is 0 Å². The number of nitrogens with two attached hydrogens (primary N) is 1. The van der Waals surface area contributed by atoms with Gasteiger partial charge in [0.05, 0.1) is 23.7 Å². The number of rotatable bonds is 2. The van der Waals surface area contributed by atoms with Gasteiger partial charge in [0, 0.05) is 17.8 Å². The number of nitrogens with zero attached hydrogens (tertiary/aromatic N) is 2. The van der Waals surface area contributed by atoms with E-state index in [0.29, 0.717) is 5.75 Å². The van der Waals surface area contributed by atoms with Gasteiger partial charge in [-0.1, -0.05) is 0 Å².